The van der Waals surface area contributed by atoms with Crippen molar-refractivity contribution in [1.82, 2.24) is 0 Å². The van der Waals surface area contributed by atoms with Gasteiger partial charge in [-0.2, -0.15) is 0 Å². The number of hydrogen-bond acceptors (Lipinski definition) is 2. The number of ether oxygens (including phenoxy) is 1. The molecule has 1 aliphatic heterocycles. The van der Waals surface area contributed by atoms with E-state index < -0.39 is 0 Å². The number of rotatable bonds is 2. The molecule has 86 valence electrons. The topological polar surface area (TPSA) is 26.3 Å². The predicted octanol–water partition coefficient (Wildman–Crippen LogP) is 2.81. The van der Waals surface area contributed by atoms with Gasteiger partial charge in [0.2, 0.25) is 0 Å². The van der Waals surface area contributed by atoms with Gasteiger partial charge in [0, 0.05) is 18.4 Å². The monoisotopic (exact) mass is 210 g/mol. The lowest BCUT2D eigenvalue weighted by molar-refractivity contribution is -0.133. The molecule has 1 saturated carbocycles. The highest BCUT2D eigenvalue weighted by atomic mass is 16.5. The van der Waals surface area contributed by atoms with Crippen molar-refractivity contribution in [3.05, 3.63) is 0 Å². The highest BCUT2D eigenvalue weighted by molar-refractivity contribution is 5.84. The molecule has 0 radical (unpaired) electrons. The maximum absolute atomic E-state index is 12.3. The standard InChI is InChI=1S/C13H22O2/c1-13(2)7-3-6-11(13)12(14)10-5-4-8-15-9-10/h10-11H,3-9H2,1-2H3. The molecule has 15 heavy (non-hydrogen) atoms. The summed E-state index contributed by atoms with van der Waals surface area (Å²) in [5.74, 6) is 0.975. The van der Waals surface area contributed by atoms with Crippen LogP contribution in [0.4, 0.5) is 0 Å². The van der Waals surface area contributed by atoms with Gasteiger partial charge in [0.15, 0.2) is 0 Å². The van der Waals surface area contributed by atoms with Crippen molar-refractivity contribution in [2.24, 2.45) is 17.3 Å². The molecular formula is C13H22O2. The van der Waals surface area contributed by atoms with Gasteiger partial charge < -0.3 is 4.74 Å². The summed E-state index contributed by atoms with van der Waals surface area (Å²) < 4.78 is 5.41. The first-order valence-electron chi connectivity index (χ1n) is 6.23. The average Bonchev–Trinajstić information content (AvgIpc) is 2.58. The van der Waals surface area contributed by atoms with Crippen LogP contribution in [0, 0.1) is 17.3 Å². The highest BCUT2D eigenvalue weighted by Gasteiger charge is 2.41. The first kappa shape index (κ1) is 11.1. The van der Waals surface area contributed by atoms with Crippen LogP contribution in [0.25, 0.3) is 0 Å². The zero-order valence-electron chi connectivity index (χ0n) is 9.92. The zero-order valence-corrected chi connectivity index (χ0v) is 9.92. The summed E-state index contributed by atoms with van der Waals surface area (Å²) in [7, 11) is 0. The van der Waals surface area contributed by atoms with Gasteiger partial charge in [-0.25, -0.2) is 0 Å². The molecule has 2 heteroatoms. The van der Waals surface area contributed by atoms with Gasteiger partial charge in [-0.1, -0.05) is 20.3 Å². The molecule has 2 nitrogen and oxygen atoms in total. The Morgan fingerprint density at radius 2 is 2.07 bits per heavy atom. The zero-order chi connectivity index (χ0) is 10.9. The molecule has 0 spiro atoms. The van der Waals surface area contributed by atoms with Crippen LogP contribution in [-0.2, 0) is 9.53 Å². The van der Waals surface area contributed by atoms with Crippen LogP contribution in [0.1, 0.15) is 46.0 Å². The minimum Gasteiger partial charge on any atom is -0.381 e. The van der Waals surface area contributed by atoms with Crippen molar-refractivity contribution in [3.8, 4) is 0 Å². The molecule has 2 rings (SSSR count). The largest absolute Gasteiger partial charge is 0.381 e. The molecular weight excluding hydrogens is 188 g/mol. The Kier molecular flexibility index (Phi) is 3.15. The Hall–Kier alpha value is -0.370. The summed E-state index contributed by atoms with van der Waals surface area (Å²) in [5, 5.41) is 0. The number of ketones is 1. The van der Waals surface area contributed by atoms with Crippen LogP contribution >= 0.6 is 0 Å². The van der Waals surface area contributed by atoms with Gasteiger partial charge in [-0.15, -0.1) is 0 Å². The van der Waals surface area contributed by atoms with Gasteiger partial charge in [0.05, 0.1) is 6.61 Å². The fourth-order valence-electron chi connectivity index (χ4n) is 3.10. The van der Waals surface area contributed by atoms with Gasteiger partial charge in [-0.05, 0) is 31.1 Å². The lowest BCUT2D eigenvalue weighted by atomic mass is 9.75. The Morgan fingerprint density at radius 1 is 1.27 bits per heavy atom. The maximum Gasteiger partial charge on any atom is 0.141 e. The molecule has 2 aliphatic rings. The highest BCUT2D eigenvalue weighted by Crippen LogP contribution is 2.44. The molecule has 0 N–H and O–H groups in total. The predicted molar refractivity (Wildman–Crippen MR) is 59.7 cm³/mol. The molecule has 0 aromatic rings. The average molecular weight is 210 g/mol. The number of hydrogen-bond donors (Lipinski definition) is 0. The van der Waals surface area contributed by atoms with E-state index in [0.717, 1.165) is 25.9 Å². The van der Waals surface area contributed by atoms with Crippen molar-refractivity contribution in [1.29, 1.82) is 0 Å². The molecule has 0 bridgehead atoms. The summed E-state index contributed by atoms with van der Waals surface area (Å²) in [5.41, 5.74) is 0.231. The lowest BCUT2D eigenvalue weighted by Gasteiger charge is -2.30. The van der Waals surface area contributed by atoms with Crippen molar-refractivity contribution in [2.45, 2.75) is 46.0 Å². The number of carbonyl (C=O) groups excluding carboxylic acids is 1. The maximum atomic E-state index is 12.3. The normalized spacial score (nSPS) is 35.3. The van der Waals surface area contributed by atoms with Crippen molar-refractivity contribution in [3.63, 3.8) is 0 Å². The Balaban J connectivity index is 2.00. The van der Waals surface area contributed by atoms with Gasteiger partial charge >= 0.3 is 0 Å². The van der Waals surface area contributed by atoms with Crippen LogP contribution in [-0.4, -0.2) is 19.0 Å². The van der Waals surface area contributed by atoms with E-state index >= 15 is 0 Å². The summed E-state index contributed by atoms with van der Waals surface area (Å²) in [6.45, 7) is 6.00. The Bertz CT molecular complexity index is 239. The van der Waals surface area contributed by atoms with Crippen molar-refractivity contribution >= 4 is 5.78 Å². The summed E-state index contributed by atoms with van der Waals surface area (Å²) in [6.07, 6.45) is 5.63. The van der Waals surface area contributed by atoms with E-state index in [4.69, 9.17) is 4.74 Å². The van der Waals surface area contributed by atoms with Crippen molar-refractivity contribution in [2.75, 3.05) is 13.2 Å². The van der Waals surface area contributed by atoms with Gasteiger partial charge in [-0.3, -0.25) is 4.79 Å². The third-order valence-corrected chi connectivity index (χ3v) is 4.16. The molecule has 0 amide bonds. The lowest BCUT2D eigenvalue weighted by Crippen LogP contribution is -2.35. The van der Waals surface area contributed by atoms with Gasteiger partial charge in [0.1, 0.15) is 5.78 Å². The Labute approximate surface area is 92.4 Å². The first-order valence-corrected chi connectivity index (χ1v) is 6.23. The summed E-state index contributed by atoms with van der Waals surface area (Å²) in [4.78, 5) is 12.3. The molecule has 1 saturated heterocycles. The molecule has 0 aromatic heterocycles. The van der Waals surface area contributed by atoms with E-state index in [1.165, 1.54) is 12.8 Å². The number of Topliss-reactive ketones (excluding diaryl/α,β-unsaturated/α-hetero) is 1. The van der Waals surface area contributed by atoms with E-state index in [1.54, 1.807) is 0 Å². The summed E-state index contributed by atoms with van der Waals surface area (Å²) >= 11 is 0. The second kappa shape index (κ2) is 4.25. The van der Waals surface area contributed by atoms with Crippen LogP contribution in [0.15, 0.2) is 0 Å². The van der Waals surface area contributed by atoms with E-state index in [0.29, 0.717) is 18.3 Å². The fraction of sp³-hybridized carbons (Fsp3) is 0.923. The van der Waals surface area contributed by atoms with E-state index in [1.807, 2.05) is 0 Å². The van der Waals surface area contributed by atoms with Crippen molar-refractivity contribution < 1.29 is 9.53 Å². The summed E-state index contributed by atoms with van der Waals surface area (Å²) in [6, 6.07) is 0. The van der Waals surface area contributed by atoms with Crippen LogP contribution in [0.3, 0.4) is 0 Å². The first-order chi connectivity index (χ1) is 7.11. The van der Waals surface area contributed by atoms with E-state index in [9.17, 15) is 4.79 Å². The van der Waals surface area contributed by atoms with E-state index in [-0.39, 0.29) is 11.3 Å². The quantitative estimate of drug-likeness (QED) is 0.700. The fourth-order valence-corrected chi connectivity index (χ4v) is 3.10. The SMILES string of the molecule is CC1(C)CCCC1C(=O)C1CCCOC1. The van der Waals surface area contributed by atoms with Crippen LogP contribution in [0.2, 0.25) is 0 Å². The minimum absolute atomic E-state index is 0.195. The molecule has 0 aromatic carbocycles. The molecule has 2 fully saturated rings. The molecule has 2 unspecified atom stereocenters. The minimum atomic E-state index is 0.195. The molecule has 1 heterocycles. The van der Waals surface area contributed by atoms with Crippen LogP contribution < -0.4 is 0 Å². The second-order valence-corrected chi connectivity index (χ2v) is 5.75. The third kappa shape index (κ3) is 2.25. The molecule has 1 aliphatic carbocycles. The smallest absolute Gasteiger partial charge is 0.141 e. The second-order valence-electron chi connectivity index (χ2n) is 5.75. The van der Waals surface area contributed by atoms with E-state index in [2.05, 4.69) is 13.8 Å². The molecule has 2 atom stereocenters. The Morgan fingerprint density at radius 3 is 2.60 bits per heavy atom. The van der Waals surface area contributed by atoms with Gasteiger partial charge in [0.25, 0.3) is 0 Å². The number of carbonyl (C=O) groups is 1. The van der Waals surface area contributed by atoms with Crippen LogP contribution in [0.5, 0.6) is 0 Å². The third-order valence-electron chi connectivity index (χ3n) is 4.16.